The second kappa shape index (κ2) is 7.87. The SMILES string of the molecule is CCOCCOCCOc1ccc2c(c1)OC(=O)CC2. The fourth-order valence-electron chi connectivity index (χ4n) is 1.92. The molecule has 2 rings (SSSR count). The summed E-state index contributed by atoms with van der Waals surface area (Å²) in [5.41, 5.74) is 1.05. The molecule has 0 bridgehead atoms. The minimum Gasteiger partial charge on any atom is -0.491 e. The zero-order valence-corrected chi connectivity index (χ0v) is 11.7. The number of benzene rings is 1. The van der Waals surface area contributed by atoms with Crippen molar-refractivity contribution in [3.8, 4) is 11.5 Å². The summed E-state index contributed by atoms with van der Waals surface area (Å²) in [5, 5.41) is 0. The van der Waals surface area contributed by atoms with Gasteiger partial charge in [-0.15, -0.1) is 0 Å². The number of hydrogen-bond donors (Lipinski definition) is 0. The van der Waals surface area contributed by atoms with Gasteiger partial charge in [-0.1, -0.05) is 6.07 Å². The molecule has 20 heavy (non-hydrogen) atoms. The molecule has 0 N–H and O–H groups in total. The standard InChI is InChI=1S/C15H20O5/c1-2-17-7-8-18-9-10-19-13-5-3-12-4-6-15(16)20-14(12)11-13/h3,5,11H,2,4,6-10H2,1H3. The van der Waals surface area contributed by atoms with Crippen LogP contribution in [0.1, 0.15) is 18.9 Å². The normalized spacial score (nSPS) is 13.8. The Kier molecular flexibility index (Phi) is 5.83. The Hall–Kier alpha value is -1.59. The molecule has 0 fully saturated rings. The molecule has 0 atom stereocenters. The van der Waals surface area contributed by atoms with E-state index in [1.54, 1.807) is 6.07 Å². The van der Waals surface area contributed by atoms with Crippen molar-refractivity contribution in [3.05, 3.63) is 23.8 Å². The lowest BCUT2D eigenvalue weighted by atomic mass is 10.1. The molecular weight excluding hydrogens is 260 g/mol. The number of hydrogen-bond acceptors (Lipinski definition) is 5. The highest BCUT2D eigenvalue weighted by Gasteiger charge is 2.17. The monoisotopic (exact) mass is 280 g/mol. The van der Waals surface area contributed by atoms with Gasteiger partial charge < -0.3 is 18.9 Å². The molecule has 0 aliphatic carbocycles. The lowest BCUT2D eigenvalue weighted by molar-refractivity contribution is -0.135. The van der Waals surface area contributed by atoms with Crippen molar-refractivity contribution in [2.75, 3.05) is 33.0 Å². The van der Waals surface area contributed by atoms with E-state index in [4.69, 9.17) is 18.9 Å². The maximum Gasteiger partial charge on any atom is 0.311 e. The molecule has 0 aromatic heterocycles. The van der Waals surface area contributed by atoms with Crippen LogP contribution < -0.4 is 9.47 Å². The Bertz CT molecular complexity index is 444. The number of esters is 1. The second-order valence-corrected chi connectivity index (χ2v) is 4.40. The van der Waals surface area contributed by atoms with E-state index in [9.17, 15) is 4.79 Å². The van der Waals surface area contributed by atoms with Gasteiger partial charge in [0.05, 0.1) is 26.2 Å². The van der Waals surface area contributed by atoms with Crippen LogP contribution in [0.3, 0.4) is 0 Å². The molecule has 0 unspecified atom stereocenters. The Morgan fingerprint density at radius 2 is 1.90 bits per heavy atom. The molecule has 0 amide bonds. The molecule has 1 aliphatic rings. The van der Waals surface area contributed by atoms with Crippen molar-refractivity contribution in [2.45, 2.75) is 19.8 Å². The van der Waals surface area contributed by atoms with Crippen LogP contribution in [0.25, 0.3) is 0 Å². The second-order valence-electron chi connectivity index (χ2n) is 4.40. The molecule has 5 nitrogen and oxygen atoms in total. The fourth-order valence-corrected chi connectivity index (χ4v) is 1.92. The van der Waals surface area contributed by atoms with Crippen molar-refractivity contribution in [1.82, 2.24) is 0 Å². The van der Waals surface area contributed by atoms with Crippen molar-refractivity contribution in [1.29, 1.82) is 0 Å². The first kappa shape index (κ1) is 14.8. The van der Waals surface area contributed by atoms with E-state index in [-0.39, 0.29) is 5.97 Å². The van der Waals surface area contributed by atoms with Crippen LogP contribution in [0.4, 0.5) is 0 Å². The van der Waals surface area contributed by atoms with E-state index in [1.165, 1.54) is 0 Å². The van der Waals surface area contributed by atoms with E-state index in [2.05, 4.69) is 0 Å². The molecule has 1 heterocycles. The van der Waals surface area contributed by atoms with Crippen molar-refractivity contribution < 1.29 is 23.7 Å². The predicted octanol–water partition coefficient (Wildman–Crippen LogP) is 1.97. The largest absolute Gasteiger partial charge is 0.491 e. The zero-order chi connectivity index (χ0) is 14.2. The Morgan fingerprint density at radius 1 is 1.10 bits per heavy atom. The highest BCUT2D eigenvalue weighted by molar-refractivity contribution is 5.75. The first-order chi connectivity index (χ1) is 9.79. The summed E-state index contributed by atoms with van der Waals surface area (Å²) < 4.78 is 21.2. The van der Waals surface area contributed by atoms with Crippen LogP contribution in [-0.2, 0) is 20.7 Å². The van der Waals surface area contributed by atoms with Gasteiger partial charge in [-0.3, -0.25) is 4.79 Å². The third-order valence-corrected chi connectivity index (χ3v) is 2.93. The van der Waals surface area contributed by atoms with Gasteiger partial charge in [-0.2, -0.15) is 0 Å². The Labute approximate surface area is 118 Å². The minimum atomic E-state index is -0.186. The predicted molar refractivity (Wildman–Crippen MR) is 73.2 cm³/mol. The van der Waals surface area contributed by atoms with Crippen LogP contribution in [0, 0.1) is 0 Å². The number of aryl methyl sites for hydroxylation is 1. The summed E-state index contributed by atoms with van der Waals surface area (Å²) in [4.78, 5) is 11.2. The van der Waals surface area contributed by atoms with Crippen LogP contribution in [0.5, 0.6) is 11.5 Å². The minimum absolute atomic E-state index is 0.186. The van der Waals surface area contributed by atoms with Gasteiger partial charge in [0.15, 0.2) is 0 Å². The van der Waals surface area contributed by atoms with E-state index in [0.29, 0.717) is 51.0 Å². The number of rotatable bonds is 8. The average Bonchev–Trinajstić information content (AvgIpc) is 2.46. The zero-order valence-electron chi connectivity index (χ0n) is 11.7. The summed E-state index contributed by atoms with van der Waals surface area (Å²) in [7, 11) is 0. The lowest BCUT2D eigenvalue weighted by Gasteiger charge is -2.16. The van der Waals surface area contributed by atoms with E-state index >= 15 is 0 Å². The van der Waals surface area contributed by atoms with Crippen molar-refractivity contribution in [2.24, 2.45) is 0 Å². The summed E-state index contributed by atoms with van der Waals surface area (Å²) >= 11 is 0. The number of ether oxygens (including phenoxy) is 4. The number of fused-ring (bicyclic) bond motifs is 1. The average molecular weight is 280 g/mol. The van der Waals surface area contributed by atoms with E-state index in [1.807, 2.05) is 19.1 Å². The quantitative estimate of drug-likeness (QED) is 0.414. The molecule has 1 aromatic rings. The molecule has 1 aliphatic heterocycles. The highest BCUT2D eigenvalue weighted by atomic mass is 16.5. The van der Waals surface area contributed by atoms with Gasteiger partial charge in [-0.05, 0) is 25.0 Å². The molecule has 110 valence electrons. The van der Waals surface area contributed by atoms with E-state index in [0.717, 1.165) is 12.0 Å². The van der Waals surface area contributed by atoms with Gasteiger partial charge in [0.1, 0.15) is 18.1 Å². The smallest absolute Gasteiger partial charge is 0.311 e. The summed E-state index contributed by atoms with van der Waals surface area (Å²) in [5.74, 6) is 1.11. The first-order valence-corrected chi connectivity index (χ1v) is 6.91. The topological polar surface area (TPSA) is 54.0 Å². The highest BCUT2D eigenvalue weighted by Crippen LogP contribution is 2.29. The van der Waals surface area contributed by atoms with Gasteiger partial charge in [-0.25, -0.2) is 0 Å². The van der Waals surface area contributed by atoms with Crippen LogP contribution in [-0.4, -0.2) is 39.0 Å². The summed E-state index contributed by atoms with van der Waals surface area (Å²) in [6, 6.07) is 5.58. The van der Waals surface area contributed by atoms with Gasteiger partial charge in [0.2, 0.25) is 0 Å². The molecule has 5 heteroatoms. The summed E-state index contributed by atoms with van der Waals surface area (Å²) in [6.45, 7) is 4.78. The Morgan fingerprint density at radius 3 is 2.75 bits per heavy atom. The summed E-state index contributed by atoms with van der Waals surface area (Å²) in [6.07, 6.45) is 1.18. The van der Waals surface area contributed by atoms with Crippen molar-refractivity contribution in [3.63, 3.8) is 0 Å². The van der Waals surface area contributed by atoms with Crippen LogP contribution in [0.15, 0.2) is 18.2 Å². The van der Waals surface area contributed by atoms with Crippen LogP contribution >= 0.6 is 0 Å². The van der Waals surface area contributed by atoms with Gasteiger partial charge in [0, 0.05) is 12.7 Å². The van der Waals surface area contributed by atoms with Crippen LogP contribution in [0.2, 0.25) is 0 Å². The number of carbonyl (C=O) groups is 1. The third-order valence-electron chi connectivity index (χ3n) is 2.93. The fraction of sp³-hybridized carbons (Fsp3) is 0.533. The van der Waals surface area contributed by atoms with Gasteiger partial charge in [0.25, 0.3) is 0 Å². The number of carbonyl (C=O) groups excluding carboxylic acids is 1. The molecule has 0 radical (unpaired) electrons. The molecule has 1 aromatic carbocycles. The van der Waals surface area contributed by atoms with Gasteiger partial charge >= 0.3 is 5.97 Å². The Balaban J connectivity index is 1.71. The molecule has 0 saturated carbocycles. The lowest BCUT2D eigenvalue weighted by Crippen LogP contribution is -2.16. The van der Waals surface area contributed by atoms with E-state index < -0.39 is 0 Å². The molecule has 0 saturated heterocycles. The van der Waals surface area contributed by atoms with Crippen molar-refractivity contribution >= 4 is 5.97 Å². The first-order valence-electron chi connectivity index (χ1n) is 6.91. The third kappa shape index (κ3) is 4.51. The maximum atomic E-state index is 11.2. The molecule has 0 spiro atoms. The maximum absolute atomic E-state index is 11.2. The molecular formula is C15H20O5.